The van der Waals surface area contributed by atoms with Crippen molar-refractivity contribution in [2.75, 3.05) is 19.1 Å². The van der Waals surface area contributed by atoms with Gasteiger partial charge < -0.3 is 19.2 Å². The lowest BCUT2D eigenvalue weighted by atomic mass is 10.0. The standard InChI is InChI=1S/C29H31ClN6O5/c1-18-8-14-24(41-18)28-32-34-35(33-28)17-26(37)36(22-12-10-20(30)11-13-22)27(29(38)31-21-6-4-5-7-21)19-9-15-23(39-2)25(16-19)40-3/h8-16,21,27H,4-7,17H2,1-3H3,(H,31,38)/t27-/m0/s1. The summed E-state index contributed by atoms with van der Waals surface area (Å²) in [5, 5.41) is 16.1. The molecule has 2 amide bonds. The van der Waals surface area contributed by atoms with Crippen LogP contribution < -0.4 is 19.7 Å². The number of rotatable bonds is 10. The second kappa shape index (κ2) is 12.4. The molecule has 1 fully saturated rings. The van der Waals surface area contributed by atoms with Crippen LogP contribution in [0.3, 0.4) is 0 Å². The summed E-state index contributed by atoms with van der Waals surface area (Å²) >= 11 is 6.18. The Morgan fingerprint density at radius 3 is 2.46 bits per heavy atom. The van der Waals surface area contributed by atoms with Gasteiger partial charge in [-0.25, -0.2) is 0 Å². The summed E-state index contributed by atoms with van der Waals surface area (Å²) in [5.41, 5.74) is 1.02. The van der Waals surface area contributed by atoms with Gasteiger partial charge in [-0.1, -0.05) is 30.5 Å². The molecule has 0 radical (unpaired) electrons. The lowest BCUT2D eigenvalue weighted by Crippen LogP contribution is -2.47. The first kappa shape index (κ1) is 28.2. The van der Waals surface area contributed by atoms with E-state index in [9.17, 15) is 9.59 Å². The van der Waals surface area contributed by atoms with Crippen LogP contribution in [0.2, 0.25) is 5.02 Å². The van der Waals surface area contributed by atoms with Crippen LogP contribution >= 0.6 is 11.6 Å². The fourth-order valence-electron chi connectivity index (χ4n) is 4.99. The van der Waals surface area contributed by atoms with Crippen molar-refractivity contribution in [3.63, 3.8) is 0 Å². The molecule has 1 aliphatic carbocycles. The first-order valence-corrected chi connectivity index (χ1v) is 13.7. The first-order chi connectivity index (χ1) is 19.9. The first-order valence-electron chi connectivity index (χ1n) is 13.3. The Balaban J connectivity index is 1.54. The van der Waals surface area contributed by atoms with Crippen molar-refractivity contribution in [1.82, 2.24) is 25.5 Å². The van der Waals surface area contributed by atoms with Gasteiger partial charge in [-0.05, 0) is 79.1 Å². The topological polar surface area (TPSA) is 125 Å². The average Bonchev–Trinajstić information content (AvgIpc) is 3.75. The third-order valence-electron chi connectivity index (χ3n) is 7.00. The third-order valence-corrected chi connectivity index (χ3v) is 7.25. The average molecular weight is 579 g/mol. The highest BCUT2D eigenvalue weighted by Gasteiger charge is 2.35. The summed E-state index contributed by atoms with van der Waals surface area (Å²) in [5.74, 6) is 1.58. The molecule has 0 spiro atoms. The van der Waals surface area contributed by atoms with Crippen molar-refractivity contribution >= 4 is 29.1 Å². The second-order valence-corrected chi connectivity index (χ2v) is 10.2. The summed E-state index contributed by atoms with van der Waals surface area (Å²) in [7, 11) is 3.06. The number of benzene rings is 2. The number of nitrogens with one attached hydrogen (secondary N) is 1. The van der Waals surface area contributed by atoms with Crippen molar-refractivity contribution in [3.8, 4) is 23.1 Å². The van der Waals surface area contributed by atoms with Crippen LogP contribution in [0.4, 0.5) is 5.69 Å². The fourth-order valence-corrected chi connectivity index (χ4v) is 5.12. The predicted octanol–water partition coefficient (Wildman–Crippen LogP) is 4.75. The highest BCUT2D eigenvalue weighted by molar-refractivity contribution is 6.30. The quantitative estimate of drug-likeness (QED) is 0.286. The van der Waals surface area contributed by atoms with Crippen LogP contribution in [0.1, 0.15) is 43.0 Å². The summed E-state index contributed by atoms with van der Waals surface area (Å²) < 4.78 is 16.5. The van der Waals surface area contributed by atoms with Crippen molar-refractivity contribution in [3.05, 3.63) is 70.9 Å². The van der Waals surface area contributed by atoms with E-state index in [2.05, 4.69) is 20.7 Å². The fraction of sp³-hybridized carbons (Fsp3) is 0.345. The molecule has 2 aromatic carbocycles. The van der Waals surface area contributed by atoms with Crippen LogP contribution in [0.5, 0.6) is 11.5 Å². The van der Waals surface area contributed by atoms with Crippen LogP contribution in [-0.2, 0) is 16.1 Å². The Bertz CT molecular complexity index is 1510. The molecule has 1 saturated carbocycles. The molecule has 0 bridgehead atoms. The molecule has 1 atom stereocenters. The number of hydrogen-bond donors (Lipinski definition) is 1. The molecule has 5 rings (SSSR count). The van der Waals surface area contributed by atoms with E-state index in [1.54, 1.807) is 54.6 Å². The van der Waals surface area contributed by atoms with Gasteiger partial charge in [-0.2, -0.15) is 4.80 Å². The van der Waals surface area contributed by atoms with Crippen LogP contribution in [0.15, 0.2) is 59.0 Å². The zero-order valence-electron chi connectivity index (χ0n) is 23.0. The van der Waals surface area contributed by atoms with E-state index in [1.807, 2.05) is 6.92 Å². The number of halogens is 1. The highest BCUT2D eigenvalue weighted by atomic mass is 35.5. The third kappa shape index (κ3) is 6.35. The predicted molar refractivity (Wildman–Crippen MR) is 152 cm³/mol. The van der Waals surface area contributed by atoms with E-state index in [0.29, 0.717) is 39.3 Å². The van der Waals surface area contributed by atoms with Gasteiger partial charge >= 0.3 is 0 Å². The molecule has 12 heteroatoms. The van der Waals surface area contributed by atoms with Crippen molar-refractivity contribution in [2.45, 2.75) is 51.2 Å². The van der Waals surface area contributed by atoms with Gasteiger partial charge in [-0.3, -0.25) is 14.5 Å². The van der Waals surface area contributed by atoms with E-state index >= 15 is 0 Å². The summed E-state index contributed by atoms with van der Waals surface area (Å²) in [6.07, 6.45) is 3.86. The number of amides is 2. The summed E-state index contributed by atoms with van der Waals surface area (Å²) in [6, 6.07) is 14.4. The minimum Gasteiger partial charge on any atom is -0.493 e. The molecule has 1 N–H and O–H groups in total. The normalized spacial score (nSPS) is 14.0. The summed E-state index contributed by atoms with van der Waals surface area (Å²) in [4.78, 5) is 30.7. The minimum absolute atomic E-state index is 0.0311. The number of methoxy groups -OCH3 is 2. The SMILES string of the molecule is COc1ccc([C@@H](C(=O)NC2CCCC2)N(C(=O)Cn2nnc(-c3ccc(C)o3)n2)c2ccc(Cl)cc2)cc1OC. The molecule has 214 valence electrons. The monoisotopic (exact) mass is 578 g/mol. The minimum atomic E-state index is -1.04. The number of tetrazole rings is 1. The maximum absolute atomic E-state index is 14.1. The zero-order valence-corrected chi connectivity index (χ0v) is 23.8. The lowest BCUT2D eigenvalue weighted by molar-refractivity contribution is -0.127. The Kier molecular flexibility index (Phi) is 8.53. The molecule has 0 unspecified atom stereocenters. The summed E-state index contributed by atoms with van der Waals surface area (Å²) in [6.45, 7) is 1.53. The van der Waals surface area contributed by atoms with Crippen LogP contribution in [0.25, 0.3) is 11.6 Å². The molecular weight excluding hydrogens is 548 g/mol. The Labute approximate surface area is 242 Å². The number of ether oxygens (including phenoxy) is 2. The van der Waals surface area contributed by atoms with Gasteiger partial charge in [-0.15, -0.1) is 10.2 Å². The number of anilines is 1. The lowest BCUT2D eigenvalue weighted by Gasteiger charge is -2.32. The van der Waals surface area contributed by atoms with E-state index in [1.165, 1.54) is 23.9 Å². The maximum atomic E-state index is 14.1. The molecule has 11 nitrogen and oxygen atoms in total. The molecule has 0 saturated heterocycles. The van der Waals surface area contributed by atoms with E-state index in [-0.39, 0.29) is 24.3 Å². The van der Waals surface area contributed by atoms with E-state index < -0.39 is 11.9 Å². The number of furan rings is 1. The van der Waals surface area contributed by atoms with Crippen LogP contribution in [-0.4, -0.2) is 52.3 Å². The largest absolute Gasteiger partial charge is 0.493 e. The number of hydrogen-bond acceptors (Lipinski definition) is 8. The van der Waals surface area contributed by atoms with Crippen molar-refractivity contribution in [1.29, 1.82) is 0 Å². The van der Waals surface area contributed by atoms with E-state index in [0.717, 1.165) is 25.7 Å². The zero-order chi connectivity index (χ0) is 28.9. The van der Waals surface area contributed by atoms with Gasteiger partial charge in [0.05, 0.1) is 14.2 Å². The molecule has 0 aliphatic heterocycles. The number of aromatic nitrogens is 4. The molecule has 1 aliphatic rings. The van der Waals surface area contributed by atoms with Gasteiger partial charge in [0.2, 0.25) is 11.7 Å². The van der Waals surface area contributed by atoms with E-state index in [4.69, 9.17) is 25.5 Å². The number of carbonyl (C=O) groups is 2. The van der Waals surface area contributed by atoms with Gasteiger partial charge in [0.15, 0.2) is 17.3 Å². The molecule has 41 heavy (non-hydrogen) atoms. The van der Waals surface area contributed by atoms with Crippen molar-refractivity contribution in [2.24, 2.45) is 0 Å². The van der Waals surface area contributed by atoms with Crippen molar-refractivity contribution < 1.29 is 23.5 Å². The number of nitrogens with zero attached hydrogens (tertiary/aromatic N) is 5. The molecular formula is C29H31ClN6O5. The maximum Gasteiger partial charge on any atom is 0.251 e. The number of aryl methyl sites for hydroxylation is 1. The Morgan fingerprint density at radius 1 is 1.07 bits per heavy atom. The van der Waals surface area contributed by atoms with Gasteiger partial charge in [0, 0.05) is 16.8 Å². The van der Waals surface area contributed by atoms with Gasteiger partial charge in [0.25, 0.3) is 5.91 Å². The number of carbonyl (C=O) groups excluding carboxylic acids is 2. The molecule has 2 heterocycles. The smallest absolute Gasteiger partial charge is 0.251 e. The van der Waals surface area contributed by atoms with Crippen LogP contribution in [0, 0.1) is 6.92 Å². The molecule has 2 aromatic heterocycles. The van der Waals surface area contributed by atoms with Gasteiger partial charge in [0.1, 0.15) is 18.3 Å². The highest BCUT2D eigenvalue weighted by Crippen LogP contribution is 2.35. The Hall–Kier alpha value is -4.38. The molecule has 4 aromatic rings. The second-order valence-electron chi connectivity index (χ2n) is 9.80. The Morgan fingerprint density at radius 2 is 1.80 bits per heavy atom.